The van der Waals surface area contributed by atoms with Crippen LogP contribution >= 0.6 is 11.8 Å². The van der Waals surface area contributed by atoms with E-state index in [1.54, 1.807) is 19.1 Å². The quantitative estimate of drug-likeness (QED) is 0.330. The van der Waals surface area contributed by atoms with Gasteiger partial charge < -0.3 is 10.1 Å². The Morgan fingerprint density at radius 3 is 2.79 bits per heavy atom. The van der Waals surface area contributed by atoms with Crippen molar-refractivity contribution < 1.29 is 19.2 Å². The lowest BCUT2D eigenvalue weighted by Gasteiger charge is -2.09. The zero-order chi connectivity index (χ0) is 20.1. The third kappa shape index (κ3) is 4.89. The van der Waals surface area contributed by atoms with Crippen molar-refractivity contribution in [2.45, 2.75) is 31.1 Å². The molecule has 0 fully saturated rings. The SMILES string of the molecule is Cc1cccc([N+](=O)[O-])c1NC(=O)COC(=O)CSc1ccc2c(c1)CCC2. The second kappa shape index (κ2) is 8.88. The summed E-state index contributed by atoms with van der Waals surface area (Å²) in [6.45, 7) is 1.16. The number of benzene rings is 2. The highest BCUT2D eigenvalue weighted by Crippen LogP contribution is 2.28. The van der Waals surface area contributed by atoms with Crippen molar-refractivity contribution in [3.63, 3.8) is 0 Å². The number of ether oxygens (including phenoxy) is 1. The first-order valence-electron chi connectivity index (χ1n) is 8.88. The Bertz CT molecular complexity index is 929. The van der Waals surface area contributed by atoms with E-state index in [4.69, 9.17) is 4.74 Å². The van der Waals surface area contributed by atoms with Crippen LogP contribution in [0.5, 0.6) is 0 Å². The van der Waals surface area contributed by atoms with Crippen LogP contribution in [0.4, 0.5) is 11.4 Å². The van der Waals surface area contributed by atoms with Gasteiger partial charge >= 0.3 is 5.97 Å². The van der Waals surface area contributed by atoms with Crippen LogP contribution in [0.1, 0.15) is 23.1 Å². The van der Waals surface area contributed by atoms with Gasteiger partial charge in [0, 0.05) is 11.0 Å². The van der Waals surface area contributed by atoms with E-state index in [-0.39, 0.29) is 17.1 Å². The smallest absolute Gasteiger partial charge is 0.316 e. The number of thioether (sulfide) groups is 1. The summed E-state index contributed by atoms with van der Waals surface area (Å²) in [4.78, 5) is 35.5. The first-order chi connectivity index (χ1) is 13.4. The molecular weight excluding hydrogens is 380 g/mol. The van der Waals surface area contributed by atoms with E-state index in [2.05, 4.69) is 17.4 Å². The van der Waals surface area contributed by atoms with Crippen LogP contribution in [0.3, 0.4) is 0 Å². The van der Waals surface area contributed by atoms with E-state index in [1.807, 2.05) is 6.07 Å². The number of esters is 1. The van der Waals surface area contributed by atoms with Gasteiger partial charge in [0.2, 0.25) is 0 Å². The van der Waals surface area contributed by atoms with Crippen molar-refractivity contribution in [1.29, 1.82) is 0 Å². The fourth-order valence-corrected chi connectivity index (χ4v) is 3.87. The maximum atomic E-state index is 12.0. The molecule has 0 bridgehead atoms. The van der Waals surface area contributed by atoms with Gasteiger partial charge in [-0.2, -0.15) is 0 Å². The second-order valence-electron chi connectivity index (χ2n) is 6.51. The number of fused-ring (bicyclic) bond motifs is 1. The number of hydrogen-bond donors (Lipinski definition) is 1. The number of nitrogens with zero attached hydrogens (tertiary/aromatic N) is 1. The molecule has 0 radical (unpaired) electrons. The molecule has 1 N–H and O–H groups in total. The predicted molar refractivity (Wildman–Crippen MR) is 107 cm³/mol. The number of carbonyl (C=O) groups excluding carboxylic acids is 2. The molecule has 1 aliphatic rings. The van der Waals surface area contributed by atoms with Gasteiger partial charge in [-0.1, -0.05) is 18.2 Å². The largest absolute Gasteiger partial charge is 0.455 e. The topological polar surface area (TPSA) is 98.5 Å². The molecule has 0 saturated carbocycles. The van der Waals surface area contributed by atoms with Crippen molar-refractivity contribution in [3.8, 4) is 0 Å². The molecule has 0 saturated heterocycles. The van der Waals surface area contributed by atoms with Gasteiger partial charge in [0.1, 0.15) is 5.69 Å². The lowest BCUT2D eigenvalue weighted by Crippen LogP contribution is -2.22. The molecule has 146 valence electrons. The fourth-order valence-electron chi connectivity index (χ4n) is 3.11. The van der Waals surface area contributed by atoms with Gasteiger partial charge in [-0.25, -0.2) is 0 Å². The minimum atomic E-state index is -0.617. The molecule has 0 aliphatic heterocycles. The Morgan fingerprint density at radius 2 is 2.00 bits per heavy atom. The molecule has 0 spiro atoms. The first kappa shape index (κ1) is 19.9. The molecular formula is C20H20N2O5S. The summed E-state index contributed by atoms with van der Waals surface area (Å²) in [6.07, 6.45) is 3.34. The molecule has 2 aromatic carbocycles. The van der Waals surface area contributed by atoms with E-state index in [9.17, 15) is 19.7 Å². The number of carbonyl (C=O) groups is 2. The van der Waals surface area contributed by atoms with Gasteiger partial charge in [-0.3, -0.25) is 19.7 Å². The second-order valence-corrected chi connectivity index (χ2v) is 7.56. The summed E-state index contributed by atoms with van der Waals surface area (Å²) in [6, 6.07) is 10.7. The summed E-state index contributed by atoms with van der Waals surface area (Å²) < 4.78 is 4.99. The number of nitro groups is 1. The third-order valence-corrected chi connectivity index (χ3v) is 5.47. The fraction of sp³-hybridized carbons (Fsp3) is 0.300. The maximum Gasteiger partial charge on any atom is 0.316 e. The number of nitro benzene ring substituents is 1. The molecule has 1 aliphatic carbocycles. The van der Waals surface area contributed by atoms with Crippen LogP contribution in [0, 0.1) is 17.0 Å². The lowest BCUT2D eigenvalue weighted by atomic mass is 10.1. The summed E-state index contributed by atoms with van der Waals surface area (Å²) in [5, 5.41) is 13.5. The minimum absolute atomic E-state index is 0.0938. The van der Waals surface area contributed by atoms with Crippen molar-refractivity contribution >= 4 is 35.0 Å². The molecule has 0 aromatic heterocycles. The Labute approximate surface area is 166 Å². The van der Waals surface area contributed by atoms with E-state index >= 15 is 0 Å². The highest BCUT2D eigenvalue weighted by atomic mass is 32.2. The van der Waals surface area contributed by atoms with Crippen LogP contribution in [-0.4, -0.2) is 29.2 Å². The van der Waals surface area contributed by atoms with Gasteiger partial charge in [-0.05, 0) is 55.0 Å². The highest BCUT2D eigenvalue weighted by molar-refractivity contribution is 8.00. The number of rotatable bonds is 7. The molecule has 3 rings (SSSR count). The first-order valence-corrected chi connectivity index (χ1v) is 9.86. The lowest BCUT2D eigenvalue weighted by molar-refractivity contribution is -0.384. The molecule has 0 unspecified atom stereocenters. The molecule has 0 atom stereocenters. The van der Waals surface area contributed by atoms with Crippen molar-refractivity contribution in [1.82, 2.24) is 0 Å². The van der Waals surface area contributed by atoms with Gasteiger partial charge in [-0.15, -0.1) is 11.8 Å². The number of anilines is 1. The zero-order valence-electron chi connectivity index (χ0n) is 15.4. The normalized spacial score (nSPS) is 12.3. The highest BCUT2D eigenvalue weighted by Gasteiger charge is 2.18. The summed E-state index contributed by atoms with van der Waals surface area (Å²) >= 11 is 1.36. The number of amides is 1. The van der Waals surface area contributed by atoms with Crippen LogP contribution < -0.4 is 5.32 Å². The molecule has 2 aromatic rings. The zero-order valence-corrected chi connectivity index (χ0v) is 16.2. The average molecular weight is 400 g/mol. The number of aryl methyl sites for hydroxylation is 3. The van der Waals surface area contributed by atoms with E-state index < -0.39 is 23.4 Å². The van der Waals surface area contributed by atoms with Gasteiger partial charge in [0.15, 0.2) is 6.61 Å². The van der Waals surface area contributed by atoms with Gasteiger partial charge in [0.05, 0.1) is 10.7 Å². The Morgan fingerprint density at radius 1 is 1.21 bits per heavy atom. The Kier molecular flexibility index (Phi) is 6.30. The summed E-state index contributed by atoms with van der Waals surface area (Å²) in [5.41, 5.74) is 3.17. The van der Waals surface area contributed by atoms with Crippen LogP contribution in [0.25, 0.3) is 0 Å². The maximum absolute atomic E-state index is 12.0. The number of nitrogens with one attached hydrogen (secondary N) is 1. The number of hydrogen-bond acceptors (Lipinski definition) is 6. The van der Waals surface area contributed by atoms with Crippen LogP contribution in [0.15, 0.2) is 41.3 Å². The van der Waals surface area contributed by atoms with Crippen LogP contribution in [-0.2, 0) is 27.2 Å². The molecule has 0 heterocycles. The van der Waals surface area contributed by atoms with E-state index in [1.165, 1.54) is 35.4 Å². The molecule has 1 amide bonds. The van der Waals surface area contributed by atoms with Crippen molar-refractivity contribution in [2.24, 2.45) is 0 Å². The third-order valence-electron chi connectivity index (χ3n) is 4.50. The predicted octanol–water partition coefficient (Wildman–Crippen LogP) is 3.67. The molecule has 7 nitrogen and oxygen atoms in total. The minimum Gasteiger partial charge on any atom is -0.455 e. The van der Waals surface area contributed by atoms with Crippen molar-refractivity contribution in [3.05, 3.63) is 63.2 Å². The molecule has 28 heavy (non-hydrogen) atoms. The summed E-state index contributed by atoms with van der Waals surface area (Å²) in [5.74, 6) is -1.04. The number of para-hydroxylation sites is 1. The van der Waals surface area contributed by atoms with Crippen LogP contribution in [0.2, 0.25) is 0 Å². The van der Waals surface area contributed by atoms with Gasteiger partial charge in [0.25, 0.3) is 11.6 Å². The molecule has 8 heteroatoms. The van der Waals surface area contributed by atoms with E-state index in [0.29, 0.717) is 5.56 Å². The Balaban J connectivity index is 1.48. The standard InChI is InChI=1S/C20H20N2O5S/c1-13-4-2-7-17(22(25)26)20(13)21-18(23)11-27-19(24)12-28-16-9-8-14-5-3-6-15(14)10-16/h2,4,7-10H,3,5-6,11-12H2,1H3,(H,21,23). The van der Waals surface area contributed by atoms with E-state index in [0.717, 1.165) is 17.7 Å². The monoisotopic (exact) mass is 400 g/mol. The van der Waals surface area contributed by atoms with Crippen molar-refractivity contribution in [2.75, 3.05) is 17.7 Å². The Hall–Kier alpha value is -2.87. The average Bonchev–Trinajstić information content (AvgIpc) is 3.14. The summed E-state index contributed by atoms with van der Waals surface area (Å²) in [7, 11) is 0.